The smallest absolute Gasteiger partial charge is 0.147 e. The van der Waals surface area contributed by atoms with E-state index in [0.29, 0.717) is 0 Å². The van der Waals surface area contributed by atoms with Crippen LogP contribution in [0.2, 0.25) is 0 Å². The molecule has 0 unspecified atom stereocenters. The molecular weight excluding hydrogens is 579 g/mol. The Balaban J connectivity index is 0.00000380. The maximum Gasteiger partial charge on any atom is -0.147 e. The van der Waals surface area contributed by atoms with Gasteiger partial charge in [-0.25, -0.2) is 0 Å². The SMILES string of the molecule is CC(C)(C)c1ccc([O][Ti](=[CH]c2cccs2)[O]c2ccc(C(C)(C)C)cc2C(C)(C)C)c(C(C)(C)C)c1.Cl.Cl. The van der Waals surface area contributed by atoms with Gasteiger partial charge in [0.1, 0.15) is 0 Å². The Morgan fingerprint density at radius 3 is 1.31 bits per heavy atom. The van der Waals surface area contributed by atoms with Gasteiger partial charge in [0.25, 0.3) is 0 Å². The van der Waals surface area contributed by atoms with Crippen LogP contribution in [0.1, 0.15) is 110 Å². The fourth-order valence-corrected chi connectivity index (χ4v) is 7.38. The van der Waals surface area contributed by atoms with Gasteiger partial charge in [-0.05, 0) is 0 Å². The van der Waals surface area contributed by atoms with Crippen molar-refractivity contribution in [3.05, 3.63) is 81.0 Å². The van der Waals surface area contributed by atoms with Gasteiger partial charge in [-0.1, -0.05) is 0 Å². The molecule has 39 heavy (non-hydrogen) atoms. The summed E-state index contributed by atoms with van der Waals surface area (Å²) in [7, 11) is 0. The standard InChI is InChI=1S/2C14H22O.C5H4S.2ClH.Ti/c2*1-13(2,3)10-7-8-12(15)11(9-10)14(4,5)6;1-5-3-2-4-6-5;;;/h2*7-9,15H,1-6H3;1-4H;2*1H;/q;;;;;+2/p-2. The van der Waals surface area contributed by atoms with E-state index in [4.69, 9.17) is 6.64 Å². The Morgan fingerprint density at radius 2 is 1.00 bits per heavy atom. The average molecular weight is 628 g/mol. The first-order chi connectivity index (χ1) is 16.9. The molecule has 1 aromatic heterocycles. The van der Waals surface area contributed by atoms with E-state index in [1.165, 1.54) is 27.1 Å². The number of halogens is 2. The van der Waals surface area contributed by atoms with Gasteiger partial charge in [0.2, 0.25) is 0 Å². The van der Waals surface area contributed by atoms with Crippen LogP contribution in [0.4, 0.5) is 0 Å². The van der Waals surface area contributed by atoms with Crippen molar-refractivity contribution in [1.29, 1.82) is 0 Å². The van der Waals surface area contributed by atoms with Crippen molar-refractivity contribution in [2.75, 3.05) is 0 Å². The first kappa shape index (κ1) is 35.9. The molecule has 0 saturated carbocycles. The van der Waals surface area contributed by atoms with Gasteiger partial charge in [0.05, 0.1) is 0 Å². The summed E-state index contributed by atoms with van der Waals surface area (Å²) in [4.78, 5) is 1.20. The van der Waals surface area contributed by atoms with Gasteiger partial charge < -0.3 is 0 Å². The molecule has 0 fully saturated rings. The normalized spacial score (nSPS) is 12.2. The molecule has 0 atom stereocenters. The van der Waals surface area contributed by atoms with Crippen molar-refractivity contribution >= 4 is 40.5 Å². The topological polar surface area (TPSA) is 18.5 Å². The molecule has 2 aromatic carbocycles. The van der Waals surface area contributed by atoms with Crippen LogP contribution >= 0.6 is 36.2 Å². The minimum absolute atomic E-state index is 0. The molecule has 0 amide bonds. The van der Waals surface area contributed by atoms with Crippen molar-refractivity contribution in [3.63, 3.8) is 0 Å². The van der Waals surface area contributed by atoms with Crippen LogP contribution in [0.3, 0.4) is 0 Å². The van der Waals surface area contributed by atoms with Crippen LogP contribution in [0.5, 0.6) is 11.5 Å². The van der Waals surface area contributed by atoms with Gasteiger partial charge >= 0.3 is 238 Å². The molecule has 0 radical (unpaired) electrons. The Labute approximate surface area is 261 Å². The summed E-state index contributed by atoms with van der Waals surface area (Å²) in [5, 5.41) is 2.11. The van der Waals surface area contributed by atoms with Crippen LogP contribution in [0.25, 0.3) is 0 Å². The maximum atomic E-state index is 6.88. The van der Waals surface area contributed by atoms with Crippen LogP contribution in [0, 0.1) is 0 Å². The van der Waals surface area contributed by atoms with E-state index >= 15 is 0 Å². The molecule has 0 aliphatic carbocycles. The zero-order valence-electron chi connectivity index (χ0n) is 25.8. The second kappa shape index (κ2) is 13.3. The summed E-state index contributed by atoms with van der Waals surface area (Å²) >= 11 is -0.928. The van der Waals surface area contributed by atoms with Crippen LogP contribution in [0.15, 0.2) is 53.9 Å². The van der Waals surface area contributed by atoms with Crippen LogP contribution in [-0.4, -0.2) is 4.31 Å². The number of hydrogen-bond donors (Lipinski definition) is 0. The summed E-state index contributed by atoms with van der Waals surface area (Å²) in [5.74, 6) is 1.87. The Bertz CT molecular complexity index is 1170. The van der Waals surface area contributed by atoms with E-state index < -0.39 is 18.2 Å². The molecule has 3 rings (SSSR count). The van der Waals surface area contributed by atoms with E-state index in [2.05, 4.69) is 141 Å². The molecule has 0 spiro atoms. The zero-order valence-corrected chi connectivity index (χ0v) is 29.8. The van der Waals surface area contributed by atoms with Crippen LogP contribution < -0.4 is 6.64 Å². The first-order valence-corrected chi connectivity index (χ1v) is 16.3. The van der Waals surface area contributed by atoms with Gasteiger partial charge in [-0.15, -0.1) is 24.8 Å². The predicted molar refractivity (Wildman–Crippen MR) is 173 cm³/mol. The number of rotatable bonds is 5. The summed E-state index contributed by atoms with van der Waals surface area (Å²) in [6.07, 6.45) is 0. The molecule has 0 aliphatic rings. The summed E-state index contributed by atoms with van der Waals surface area (Å²) in [5.41, 5.74) is 5.16. The summed E-state index contributed by atoms with van der Waals surface area (Å²) in [6.45, 7) is 27.1. The molecule has 0 aliphatic heterocycles. The third-order valence-corrected chi connectivity index (χ3v) is 9.85. The Morgan fingerprint density at radius 1 is 0.590 bits per heavy atom. The predicted octanol–water partition coefficient (Wildman–Crippen LogP) is 10.5. The summed E-state index contributed by atoms with van der Waals surface area (Å²) < 4.78 is 16.0. The minimum atomic E-state index is -2.66. The average Bonchev–Trinajstić information content (AvgIpc) is 3.24. The van der Waals surface area contributed by atoms with E-state index in [9.17, 15) is 0 Å². The molecule has 0 saturated heterocycles. The zero-order chi connectivity index (χ0) is 27.8. The van der Waals surface area contributed by atoms with E-state index in [1.807, 2.05) is 0 Å². The molecule has 216 valence electrons. The third-order valence-electron chi connectivity index (χ3n) is 6.53. The van der Waals surface area contributed by atoms with Gasteiger partial charge in [-0.2, -0.15) is 0 Å². The fourth-order valence-electron chi connectivity index (χ4n) is 4.13. The van der Waals surface area contributed by atoms with Crippen molar-refractivity contribution in [1.82, 2.24) is 0 Å². The van der Waals surface area contributed by atoms with E-state index in [1.54, 1.807) is 11.3 Å². The molecular formula is C33H48Cl2O2STi. The maximum absolute atomic E-state index is 6.88. The van der Waals surface area contributed by atoms with Crippen molar-refractivity contribution in [2.24, 2.45) is 0 Å². The molecule has 2 nitrogen and oxygen atoms in total. The van der Waals surface area contributed by atoms with Crippen molar-refractivity contribution in [2.45, 2.75) is 105 Å². The van der Waals surface area contributed by atoms with Gasteiger partial charge in [-0.3, -0.25) is 0 Å². The third kappa shape index (κ3) is 9.75. The minimum Gasteiger partial charge on any atom is -0.147 e. The van der Waals surface area contributed by atoms with Gasteiger partial charge in [0, 0.05) is 0 Å². The van der Waals surface area contributed by atoms with Gasteiger partial charge in [0.15, 0.2) is 0 Å². The second-order valence-electron chi connectivity index (χ2n) is 14.1. The second-order valence-corrected chi connectivity index (χ2v) is 17.2. The summed E-state index contributed by atoms with van der Waals surface area (Å²) in [6, 6.07) is 17.6. The largest absolute Gasteiger partial charge is 0.147 e. The Kier molecular flexibility index (Phi) is 12.2. The first-order valence-electron chi connectivity index (χ1n) is 13.3. The Hall–Kier alpha value is -1.10. The molecule has 3 aromatic rings. The van der Waals surface area contributed by atoms with Crippen molar-refractivity contribution in [3.8, 4) is 11.5 Å². The van der Waals surface area contributed by atoms with Crippen LogP contribution in [-0.2, 0) is 39.8 Å². The quantitative estimate of drug-likeness (QED) is 0.262. The van der Waals surface area contributed by atoms with E-state index in [0.717, 1.165) is 11.5 Å². The van der Waals surface area contributed by atoms with Crippen molar-refractivity contribution < 1.29 is 24.8 Å². The fraction of sp³-hybridized carbons (Fsp3) is 0.485. The molecule has 0 N–H and O–H groups in total. The number of benzene rings is 2. The molecule has 6 heteroatoms. The van der Waals surface area contributed by atoms with E-state index in [-0.39, 0.29) is 46.5 Å². The number of thiophene rings is 1. The number of hydrogen-bond acceptors (Lipinski definition) is 3. The molecule has 1 heterocycles. The monoisotopic (exact) mass is 626 g/mol. The molecule has 0 bridgehead atoms.